The van der Waals surface area contributed by atoms with Crippen molar-refractivity contribution in [3.63, 3.8) is 0 Å². The van der Waals surface area contributed by atoms with Crippen molar-refractivity contribution in [1.82, 2.24) is 4.72 Å². The second-order valence-electron chi connectivity index (χ2n) is 2.76. The summed E-state index contributed by atoms with van der Waals surface area (Å²) in [6.07, 6.45) is 0.532. The minimum atomic E-state index is -3.26. The summed E-state index contributed by atoms with van der Waals surface area (Å²) < 4.78 is 24.2. The van der Waals surface area contributed by atoms with Gasteiger partial charge in [0.15, 0.2) is 6.23 Å². The van der Waals surface area contributed by atoms with Crippen LogP contribution in [0.15, 0.2) is 0 Å². The maximum Gasteiger partial charge on any atom is 0.216 e. The van der Waals surface area contributed by atoms with Crippen LogP contribution in [0.1, 0.15) is 26.2 Å². The third kappa shape index (κ3) is 2.43. The lowest BCUT2D eigenvalue weighted by atomic mass is 10.5. The first-order chi connectivity index (χ1) is 5.06. The van der Waals surface area contributed by atoms with Gasteiger partial charge < -0.3 is 0 Å². The molecule has 0 bridgehead atoms. The molecular weight excluding hydrogens is 166 g/mol. The van der Waals surface area contributed by atoms with Gasteiger partial charge in [-0.15, -0.1) is 0 Å². The molecule has 5 heteroatoms. The van der Waals surface area contributed by atoms with Gasteiger partial charge in [-0.2, -0.15) is 4.72 Å². The molecule has 4 nitrogen and oxygen atoms in total. The smallest absolute Gasteiger partial charge is 0.215 e. The molecule has 0 aliphatic heterocycles. The molecule has 1 fully saturated rings. The van der Waals surface area contributed by atoms with Crippen molar-refractivity contribution in [3.05, 3.63) is 0 Å². The van der Waals surface area contributed by atoms with E-state index in [1.807, 2.05) is 0 Å². The maximum atomic E-state index is 11.1. The number of sulfonamides is 1. The minimum Gasteiger partial charge on any atom is -0.215 e. The highest BCUT2D eigenvalue weighted by Crippen LogP contribution is 2.27. The number of hydrogen-bond acceptors (Lipinski definition) is 2. The summed E-state index contributed by atoms with van der Waals surface area (Å²) in [7, 11) is -3.26. The highest BCUT2D eigenvalue weighted by Gasteiger charge is 2.36. The SMILES string of the molecule is CCC([O])NS(=O)(=O)C1CC1. The van der Waals surface area contributed by atoms with E-state index in [2.05, 4.69) is 4.72 Å². The lowest BCUT2D eigenvalue weighted by Gasteiger charge is -2.07. The molecule has 1 rings (SSSR count). The summed E-state index contributed by atoms with van der Waals surface area (Å²) in [4.78, 5) is 0. The Labute approximate surface area is 66.7 Å². The quantitative estimate of drug-likeness (QED) is 0.626. The van der Waals surface area contributed by atoms with Gasteiger partial charge >= 0.3 is 0 Å². The fourth-order valence-electron chi connectivity index (χ4n) is 0.741. The van der Waals surface area contributed by atoms with E-state index in [9.17, 15) is 13.5 Å². The van der Waals surface area contributed by atoms with Gasteiger partial charge in [-0.1, -0.05) is 6.92 Å². The van der Waals surface area contributed by atoms with Gasteiger partial charge in [0.2, 0.25) is 10.0 Å². The molecular formula is C6H12NO3S. The zero-order valence-electron chi connectivity index (χ0n) is 6.41. The third-order valence-electron chi connectivity index (χ3n) is 1.63. The van der Waals surface area contributed by atoms with Crippen molar-refractivity contribution >= 4 is 10.0 Å². The topological polar surface area (TPSA) is 66.1 Å². The normalized spacial score (nSPS) is 21.6. The van der Waals surface area contributed by atoms with Crippen LogP contribution in [-0.2, 0) is 15.1 Å². The second kappa shape index (κ2) is 3.08. The van der Waals surface area contributed by atoms with Crippen LogP contribution in [0, 0.1) is 0 Å². The predicted octanol–water partition coefficient (Wildman–Crippen LogP) is 0.235. The van der Waals surface area contributed by atoms with Crippen molar-refractivity contribution in [2.24, 2.45) is 0 Å². The molecule has 1 aliphatic rings. The Morgan fingerprint density at radius 2 is 2.09 bits per heavy atom. The summed E-state index contributed by atoms with van der Waals surface area (Å²) in [6, 6.07) is 0. The van der Waals surface area contributed by atoms with Crippen molar-refractivity contribution < 1.29 is 13.5 Å². The van der Waals surface area contributed by atoms with Crippen LogP contribution >= 0.6 is 0 Å². The zero-order chi connectivity index (χ0) is 8.48. The number of nitrogens with one attached hydrogen (secondary N) is 1. The Morgan fingerprint density at radius 1 is 1.55 bits per heavy atom. The first-order valence-electron chi connectivity index (χ1n) is 3.73. The Balaban J connectivity index is 2.46. The molecule has 0 saturated heterocycles. The van der Waals surface area contributed by atoms with E-state index in [4.69, 9.17) is 0 Å². The predicted molar refractivity (Wildman–Crippen MR) is 39.8 cm³/mol. The van der Waals surface area contributed by atoms with Crippen molar-refractivity contribution in [1.29, 1.82) is 0 Å². The van der Waals surface area contributed by atoms with Crippen LogP contribution in [0.5, 0.6) is 0 Å². The lowest BCUT2D eigenvalue weighted by Crippen LogP contribution is -2.35. The van der Waals surface area contributed by atoms with Gasteiger partial charge in [0.1, 0.15) is 0 Å². The Bertz CT molecular complexity index is 220. The summed E-state index contributed by atoms with van der Waals surface area (Å²) >= 11 is 0. The second-order valence-corrected chi connectivity index (χ2v) is 4.75. The molecule has 65 valence electrons. The maximum absolute atomic E-state index is 11.1. The molecule has 0 aromatic rings. The summed E-state index contributed by atoms with van der Waals surface area (Å²) in [5.74, 6) is 0. The van der Waals surface area contributed by atoms with E-state index in [1.165, 1.54) is 0 Å². The largest absolute Gasteiger partial charge is 0.216 e. The molecule has 0 amide bonds. The Morgan fingerprint density at radius 3 is 2.45 bits per heavy atom. The van der Waals surface area contributed by atoms with E-state index in [0.717, 1.165) is 0 Å². The zero-order valence-corrected chi connectivity index (χ0v) is 7.23. The van der Waals surface area contributed by atoms with Gasteiger partial charge in [0.25, 0.3) is 0 Å². The van der Waals surface area contributed by atoms with Gasteiger partial charge in [0, 0.05) is 0 Å². The monoisotopic (exact) mass is 178 g/mol. The van der Waals surface area contributed by atoms with E-state index >= 15 is 0 Å². The highest BCUT2D eigenvalue weighted by atomic mass is 32.2. The fraction of sp³-hybridized carbons (Fsp3) is 1.00. The van der Waals surface area contributed by atoms with Crippen molar-refractivity contribution in [3.8, 4) is 0 Å². The molecule has 1 radical (unpaired) electrons. The molecule has 11 heavy (non-hydrogen) atoms. The van der Waals surface area contributed by atoms with Crippen LogP contribution in [0.3, 0.4) is 0 Å². The van der Waals surface area contributed by atoms with E-state index in [0.29, 0.717) is 19.3 Å². The first-order valence-corrected chi connectivity index (χ1v) is 5.28. The van der Waals surface area contributed by atoms with Gasteiger partial charge in [-0.25, -0.2) is 13.5 Å². The van der Waals surface area contributed by atoms with Crippen LogP contribution in [-0.4, -0.2) is 19.9 Å². The van der Waals surface area contributed by atoms with Gasteiger partial charge in [0.05, 0.1) is 5.25 Å². The average Bonchev–Trinajstić information content (AvgIpc) is 2.66. The third-order valence-corrected chi connectivity index (χ3v) is 3.57. The van der Waals surface area contributed by atoms with Crippen molar-refractivity contribution in [2.75, 3.05) is 0 Å². The Hall–Kier alpha value is -0.130. The Kier molecular flexibility index (Phi) is 2.51. The summed E-state index contributed by atoms with van der Waals surface area (Å²) in [5.41, 5.74) is 0. The average molecular weight is 178 g/mol. The lowest BCUT2D eigenvalue weighted by molar-refractivity contribution is 0.0763. The standard InChI is InChI=1S/C6H12NO3S/c1-2-6(8)7-11(9,10)5-3-4-5/h5-7H,2-4H2,1H3. The molecule has 1 unspecified atom stereocenters. The molecule has 1 saturated carbocycles. The van der Waals surface area contributed by atoms with E-state index in [1.54, 1.807) is 6.92 Å². The van der Waals surface area contributed by atoms with Crippen molar-refractivity contribution in [2.45, 2.75) is 37.7 Å². The van der Waals surface area contributed by atoms with Crippen LogP contribution in [0.2, 0.25) is 0 Å². The van der Waals surface area contributed by atoms with Crippen LogP contribution < -0.4 is 4.72 Å². The highest BCUT2D eigenvalue weighted by molar-refractivity contribution is 7.90. The molecule has 1 atom stereocenters. The van der Waals surface area contributed by atoms with Crippen LogP contribution in [0.4, 0.5) is 0 Å². The summed E-state index contributed by atoms with van der Waals surface area (Å²) in [5, 5.41) is 10.5. The number of rotatable bonds is 4. The molecule has 0 heterocycles. The molecule has 1 aliphatic carbocycles. The molecule has 1 N–H and O–H groups in total. The fourth-order valence-corrected chi connectivity index (χ4v) is 2.22. The minimum absolute atomic E-state index is 0.287. The molecule has 0 aromatic heterocycles. The first kappa shape index (κ1) is 8.96. The van der Waals surface area contributed by atoms with Gasteiger partial charge in [-0.05, 0) is 19.3 Å². The molecule has 0 spiro atoms. The molecule has 0 aromatic carbocycles. The van der Waals surface area contributed by atoms with Gasteiger partial charge in [-0.3, -0.25) is 0 Å². The van der Waals surface area contributed by atoms with E-state index in [-0.39, 0.29) is 5.25 Å². The number of hydrogen-bond donors (Lipinski definition) is 1. The van der Waals surface area contributed by atoms with E-state index < -0.39 is 16.3 Å². The van der Waals surface area contributed by atoms with Crippen LogP contribution in [0.25, 0.3) is 0 Å². The summed E-state index contributed by atoms with van der Waals surface area (Å²) in [6.45, 7) is 1.66.